The number of carbonyl (C=O) groups excluding carboxylic acids is 3. The van der Waals surface area contributed by atoms with E-state index >= 15 is 0 Å². The summed E-state index contributed by atoms with van der Waals surface area (Å²) in [7, 11) is 0. The van der Waals surface area contributed by atoms with Crippen LogP contribution < -0.4 is 20.6 Å². The van der Waals surface area contributed by atoms with Gasteiger partial charge in [-0.2, -0.15) is 5.10 Å². The maximum absolute atomic E-state index is 13.4. The van der Waals surface area contributed by atoms with Crippen molar-refractivity contribution in [2.24, 2.45) is 5.10 Å². The molecule has 2 rings (SSSR count). The lowest BCUT2D eigenvalue weighted by Gasteiger charge is -2.06. The Morgan fingerprint density at radius 1 is 1.08 bits per heavy atom. The number of ether oxygens (including phenoxy) is 1. The second-order valence-corrected chi connectivity index (χ2v) is 4.86. The summed E-state index contributed by atoms with van der Waals surface area (Å²) in [6, 6.07) is 11.5. The van der Waals surface area contributed by atoms with Gasteiger partial charge in [0.25, 0.3) is 0 Å². The molecule has 2 N–H and O–H groups in total. The Balaban J connectivity index is 1.85. The highest BCUT2D eigenvalue weighted by Gasteiger charge is 2.14. The number of carbonyl (C=O) groups is 3. The smallest absolute Gasteiger partial charge is 0.329 e. The van der Waals surface area contributed by atoms with Gasteiger partial charge in [-0.1, -0.05) is 12.1 Å². The first-order valence-corrected chi connectivity index (χ1v) is 7.27. The Labute approximate surface area is 147 Å². The Morgan fingerprint density at radius 2 is 1.77 bits per heavy atom. The minimum Gasteiger partial charge on any atom is -0.546 e. The molecule has 0 aliphatic heterocycles. The molecule has 134 valence electrons. The SMILES string of the molecule is O=C([O-])COc1ccc(/C=N\NC(=O)C(=O)Nc2ccccc2F)cc1. The lowest BCUT2D eigenvalue weighted by atomic mass is 10.2. The van der Waals surface area contributed by atoms with Crippen molar-refractivity contribution in [3.05, 3.63) is 59.9 Å². The summed E-state index contributed by atoms with van der Waals surface area (Å²) in [6.07, 6.45) is 1.26. The van der Waals surface area contributed by atoms with Crippen LogP contribution >= 0.6 is 0 Å². The van der Waals surface area contributed by atoms with Crippen molar-refractivity contribution in [1.29, 1.82) is 0 Å². The molecular formula is C17H13FN3O5-. The molecule has 0 saturated heterocycles. The number of nitrogens with one attached hydrogen (secondary N) is 2. The standard InChI is InChI=1S/C17H14FN3O5/c18-13-3-1-2-4-14(13)20-16(24)17(25)21-19-9-11-5-7-12(8-6-11)26-10-15(22)23/h1-9H,10H2,(H,20,24)(H,21,25)(H,22,23)/p-1/b19-9-. The Hall–Kier alpha value is -3.75. The van der Waals surface area contributed by atoms with Gasteiger partial charge in [-0.05, 0) is 42.0 Å². The summed E-state index contributed by atoms with van der Waals surface area (Å²) in [4.78, 5) is 33.5. The number of rotatable bonds is 6. The normalized spacial score (nSPS) is 10.3. The zero-order valence-corrected chi connectivity index (χ0v) is 13.3. The van der Waals surface area contributed by atoms with Crippen LogP contribution in [0.2, 0.25) is 0 Å². The van der Waals surface area contributed by atoms with Gasteiger partial charge in [0.05, 0.1) is 17.9 Å². The van der Waals surface area contributed by atoms with Crippen molar-refractivity contribution in [3.63, 3.8) is 0 Å². The van der Waals surface area contributed by atoms with E-state index < -0.39 is 30.2 Å². The van der Waals surface area contributed by atoms with Crippen molar-refractivity contribution < 1.29 is 28.6 Å². The van der Waals surface area contributed by atoms with Crippen molar-refractivity contribution in [2.75, 3.05) is 11.9 Å². The van der Waals surface area contributed by atoms with Crippen LogP contribution in [0.3, 0.4) is 0 Å². The van der Waals surface area contributed by atoms with Gasteiger partial charge in [0.2, 0.25) is 0 Å². The van der Waals surface area contributed by atoms with E-state index in [4.69, 9.17) is 4.74 Å². The number of hydrogen-bond donors (Lipinski definition) is 2. The third-order valence-corrected chi connectivity index (χ3v) is 2.94. The highest BCUT2D eigenvalue weighted by Crippen LogP contribution is 2.12. The molecule has 0 atom stereocenters. The number of carboxylic acids is 1. The fraction of sp³-hybridized carbons (Fsp3) is 0.0588. The van der Waals surface area contributed by atoms with Gasteiger partial charge in [-0.15, -0.1) is 0 Å². The van der Waals surface area contributed by atoms with E-state index in [9.17, 15) is 23.9 Å². The molecule has 2 aromatic rings. The number of nitrogens with zero attached hydrogens (tertiary/aromatic N) is 1. The first-order valence-electron chi connectivity index (χ1n) is 7.27. The van der Waals surface area contributed by atoms with E-state index in [2.05, 4.69) is 10.4 Å². The van der Waals surface area contributed by atoms with Crippen LogP contribution in [0.5, 0.6) is 5.75 Å². The summed E-state index contributed by atoms with van der Waals surface area (Å²) in [5, 5.41) is 16.0. The predicted molar refractivity (Wildman–Crippen MR) is 87.7 cm³/mol. The molecule has 0 unspecified atom stereocenters. The minimum absolute atomic E-state index is 0.122. The van der Waals surface area contributed by atoms with E-state index in [1.165, 1.54) is 36.5 Å². The van der Waals surface area contributed by atoms with Crippen molar-refractivity contribution in [3.8, 4) is 5.75 Å². The summed E-state index contributed by atoms with van der Waals surface area (Å²) in [6.45, 7) is -0.569. The molecule has 2 aromatic carbocycles. The average molecular weight is 358 g/mol. The van der Waals surface area contributed by atoms with E-state index in [1.54, 1.807) is 12.1 Å². The molecule has 0 heterocycles. The average Bonchev–Trinajstić information content (AvgIpc) is 2.62. The van der Waals surface area contributed by atoms with Crippen LogP contribution in [0.4, 0.5) is 10.1 Å². The molecule has 0 radical (unpaired) electrons. The van der Waals surface area contributed by atoms with Gasteiger partial charge in [0, 0.05) is 0 Å². The molecule has 26 heavy (non-hydrogen) atoms. The number of carboxylic acid groups (broad SMARTS) is 1. The summed E-state index contributed by atoms with van der Waals surface area (Å²) in [5.74, 6) is -3.83. The topological polar surface area (TPSA) is 120 Å². The van der Waals surface area contributed by atoms with E-state index in [0.717, 1.165) is 6.07 Å². The molecule has 2 amide bonds. The molecule has 0 spiro atoms. The molecule has 0 bridgehead atoms. The van der Waals surface area contributed by atoms with Crippen LogP contribution in [0.25, 0.3) is 0 Å². The largest absolute Gasteiger partial charge is 0.546 e. The predicted octanol–water partition coefficient (Wildman–Crippen LogP) is 0.0432. The molecule has 0 aromatic heterocycles. The van der Waals surface area contributed by atoms with Crippen molar-refractivity contribution in [2.45, 2.75) is 0 Å². The Kier molecular flexibility index (Phi) is 6.38. The summed E-state index contributed by atoms with van der Waals surface area (Å²) < 4.78 is 18.3. The molecule has 0 aliphatic carbocycles. The fourth-order valence-electron chi connectivity index (χ4n) is 1.75. The van der Waals surface area contributed by atoms with Gasteiger partial charge in [-0.25, -0.2) is 9.82 Å². The molecule has 9 heteroatoms. The summed E-state index contributed by atoms with van der Waals surface area (Å²) >= 11 is 0. The second kappa shape index (κ2) is 8.92. The number of hydrazone groups is 1. The number of para-hydroxylation sites is 1. The molecule has 8 nitrogen and oxygen atoms in total. The van der Waals surface area contributed by atoms with Crippen LogP contribution in [0.1, 0.15) is 5.56 Å². The third kappa shape index (κ3) is 5.71. The maximum atomic E-state index is 13.4. The number of halogens is 1. The van der Waals surface area contributed by atoms with E-state index in [-0.39, 0.29) is 5.69 Å². The van der Waals surface area contributed by atoms with Crippen LogP contribution in [0.15, 0.2) is 53.6 Å². The van der Waals surface area contributed by atoms with Crippen LogP contribution in [-0.4, -0.2) is 30.6 Å². The second-order valence-electron chi connectivity index (χ2n) is 4.86. The van der Waals surface area contributed by atoms with Gasteiger partial charge >= 0.3 is 11.8 Å². The number of aliphatic carboxylic acids is 1. The quantitative estimate of drug-likeness (QED) is 0.429. The minimum atomic E-state index is -1.34. The monoisotopic (exact) mass is 358 g/mol. The number of benzene rings is 2. The fourth-order valence-corrected chi connectivity index (χ4v) is 1.75. The Morgan fingerprint density at radius 3 is 2.42 bits per heavy atom. The number of hydrogen-bond acceptors (Lipinski definition) is 6. The zero-order valence-electron chi connectivity index (χ0n) is 13.3. The maximum Gasteiger partial charge on any atom is 0.329 e. The first kappa shape index (κ1) is 18.6. The van der Waals surface area contributed by atoms with Crippen molar-refractivity contribution >= 4 is 29.7 Å². The van der Waals surface area contributed by atoms with Crippen LogP contribution in [-0.2, 0) is 14.4 Å². The number of anilines is 1. The summed E-state index contributed by atoms with van der Waals surface area (Å²) in [5.41, 5.74) is 2.44. The van der Waals surface area contributed by atoms with Gasteiger partial charge < -0.3 is 20.0 Å². The molecule has 0 aliphatic rings. The van der Waals surface area contributed by atoms with Gasteiger partial charge in [0.1, 0.15) is 18.2 Å². The lowest BCUT2D eigenvalue weighted by Crippen LogP contribution is -2.32. The van der Waals surface area contributed by atoms with E-state index in [0.29, 0.717) is 11.3 Å². The van der Waals surface area contributed by atoms with Gasteiger partial charge in [0.15, 0.2) is 0 Å². The lowest BCUT2D eigenvalue weighted by molar-refractivity contribution is -0.307. The molecule has 0 saturated carbocycles. The molecular weight excluding hydrogens is 345 g/mol. The van der Waals surface area contributed by atoms with E-state index in [1.807, 2.05) is 5.43 Å². The number of amides is 2. The van der Waals surface area contributed by atoms with Crippen LogP contribution in [0, 0.1) is 5.82 Å². The highest BCUT2D eigenvalue weighted by atomic mass is 19.1. The third-order valence-electron chi connectivity index (χ3n) is 2.94. The van der Waals surface area contributed by atoms with Crippen molar-refractivity contribution in [1.82, 2.24) is 5.43 Å². The first-order chi connectivity index (χ1) is 12.5. The zero-order chi connectivity index (χ0) is 18.9. The molecule has 0 fully saturated rings. The van der Waals surface area contributed by atoms with Gasteiger partial charge in [-0.3, -0.25) is 9.59 Å². The highest BCUT2D eigenvalue weighted by molar-refractivity contribution is 6.39. The Bertz CT molecular complexity index is 837.